The Morgan fingerprint density at radius 1 is 0.400 bits per heavy atom. The molecule has 0 saturated carbocycles. The van der Waals surface area contributed by atoms with Crippen molar-refractivity contribution in [3.05, 3.63) is 158 Å². The van der Waals surface area contributed by atoms with Gasteiger partial charge in [0, 0.05) is 54.9 Å². The Morgan fingerprint density at radius 3 is 1.92 bits per heavy atom. The van der Waals surface area contributed by atoms with E-state index >= 15 is 0 Å². The van der Waals surface area contributed by atoms with Gasteiger partial charge in [-0.05, 0) is 83.6 Å². The quantitative estimate of drug-likeness (QED) is 0.191. The Hall–Kier alpha value is -6.85. The number of para-hydroxylation sites is 1. The highest BCUT2D eigenvalue weighted by Gasteiger charge is 2.21. The molecule has 3 heterocycles. The summed E-state index contributed by atoms with van der Waals surface area (Å²) in [7, 11) is 0. The van der Waals surface area contributed by atoms with Crippen molar-refractivity contribution in [1.29, 1.82) is 0 Å². The van der Waals surface area contributed by atoms with Crippen LogP contribution in [-0.4, -0.2) is 4.98 Å². The Kier molecular flexibility index (Phi) is 5.60. The summed E-state index contributed by atoms with van der Waals surface area (Å²) in [5.41, 5.74) is 8.93. The third kappa shape index (κ3) is 3.98. The van der Waals surface area contributed by atoms with Gasteiger partial charge in [0.15, 0.2) is 5.58 Å². The van der Waals surface area contributed by atoms with Crippen molar-refractivity contribution in [3.63, 3.8) is 0 Å². The number of fused-ring (bicyclic) bond motifs is 11. The van der Waals surface area contributed by atoms with Crippen LogP contribution in [-0.2, 0) is 0 Å². The number of hydrogen-bond donors (Lipinski definition) is 0. The molecule has 0 N–H and O–H groups in total. The van der Waals surface area contributed by atoms with Crippen molar-refractivity contribution >= 4 is 93.6 Å². The second-order valence-corrected chi connectivity index (χ2v) is 12.7. The minimum Gasteiger partial charge on any atom is -0.456 e. The molecule has 0 unspecified atom stereocenters. The summed E-state index contributed by atoms with van der Waals surface area (Å²) >= 11 is 0. The van der Waals surface area contributed by atoms with Crippen LogP contribution < -0.4 is 4.90 Å². The van der Waals surface area contributed by atoms with Gasteiger partial charge in [-0.3, -0.25) is 0 Å². The first-order valence-corrected chi connectivity index (χ1v) is 16.7. The lowest BCUT2D eigenvalue weighted by Gasteiger charge is -2.25. The van der Waals surface area contributed by atoms with Gasteiger partial charge in [-0.15, -0.1) is 0 Å². The largest absolute Gasteiger partial charge is 0.456 e. The van der Waals surface area contributed by atoms with E-state index in [1.165, 1.54) is 0 Å². The van der Waals surface area contributed by atoms with Gasteiger partial charge in [0.2, 0.25) is 5.89 Å². The lowest BCUT2D eigenvalue weighted by Crippen LogP contribution is -2.09. The number of oxazole rings is 1. The third-order valence-corrected chi connectivity index (χ3v) is 9.87. The minimum absolute atomic E-state index is 0.569. The van der Waals surface area contributed by atoms with Gasteiger partial charge < -0.3 is 18.2 Å². The van der Waals surface area contributed by atoms with E-state index in [0.29, 0.717) is 5.89 Å². The molecule has 0 bridgehead atoms. The van der Waals surface area contributed by atoms with Crippen LogP contribution in [0.3, 0.4) is 0 Å². The predicted octanol–water partition coefficient (Wildman–Crippen LogP) is 13.1. The summed E-state index contributed by atoms with van der Waals surface area (Å²) in [6, 6.07) is 54.4. The molecular weight excluding hydrogens is 617 g/mol. The molecule has 5 heteroatoms. The number of furan rings is 2. The van der Waals surface area contributed by atoms with Crippen molar-refractivity contribution in [2.75, 3.05) is 4.90 Å². The summed E-state index contributed by atoms with van der Waals surface area (Å²) in [6.45, 7) is 0. The molecule has 50 heavy (non-hydrogen) atoms. The van der Waals surface area contributed by atoms with Gasteiger partial charge in [-0.1, -0.05) is 84.9 Å². The number of rotatable bonds is 4. The summed E-state index contributed by atoms with van der Waals surface area (Å²) in [5.74, 6) is 0.569. The molecule has 11 rings (SSSR count). The second-order valence-electron chi connectivity index (χ2n) is 12.7. The van der Waals surface area contributed by atoms with Crippen molar-refractivity contribution in [3.8, 4) is 11.5 Å². The fraction of sp³-hybridized carbons (Fsp3) is 0. The molecule has 0 aliphatic rings. The Morgan fingerprint density at radius 2 is 1.08 bits per heavy atom. The van der Waals surface area contributed by atoms with Crippen LogP contribution in [0.1, 0.15) is 0 Å². The highest BCUT2D eigenvalue weighted by atomic mass is 16.4. The summed E-state index contributed by atoms with van der Waals surface area (Å²) in [6.07, 6.45) is 0. The van der Waals surface area contributed by atoms with Crippen molar-refractivity contribution in [2.24, 2.45) is 0 Å². The number of benzene rings is 8. The highest BCUT2D eigenvalue weighted by Crippen LogP contribution is 2.44. The predicted molar refractivity (Wildman–Crippen MR) is 204 cm³/mol. The van der Waals surface area contributed by atoms with Crippen LogP contribution in [0.5, 0.6) is 0 Å². The monoisotopic (exact) mass is 642 g/mol. The van der Waals surface area contributed by atoms with E-state index in [-0.39, 0.29) is 0 Å². The maximum atomic E-state index is 6.46. The molecule has 5 nitrogen and oxygen atoms in total. The molecule has 0 aliphatic heterocycles. The van der Waals surface area contributed by atoms with Crippen LogP contribution in [0.25, 0.3) is 88.0 Å². The van der Waals surface area contributed by atoms with Gasteiger partial charge in [-0.25, -0.2) is 4.98 Å². The molecule has 11 aromatic rings. The molecule has 0 spiro atoms. The van der Waals surface area contributed by atoms with Gasteiger partial charge in [-0.2, -0.15) is 0 Å². The molecule has 0 aliphatic carbocycles. The molecule has 0 radical (unpaired) electrons. The molecule has 0 fully saturated rings. The minimum atomic E-state index is 0.569. The summed E-state index contributed by atoms with van der Waals surface area (Å²) in [5, 5.41) is 8.61. The zero-order valence-corrected chi connectivity index (χ0v) is 26.6. The Labute approximate surface area is 285 Å². The molecule has 3 aromatic heterocycles. The van der Waals surface area contributed by atoms with Crippen molar-refractivity contribution < 1.29 is 13.3 Å². The number of aromatic nitrogens is 1. The van der Waals surface area contributed by atoms with Crippen LogP contribution >= 0.6 is 0 Å². The number of hydrogen-bond acceptors (Lipinski definition) is 5. The van der Waals surface area contributed by atoms with Gasteiger partial charge in [0.1, 0.15) is 27.8 Å². The lowest BCUT2D eigenvalue weighted by atomic mass is 10.0. The fourth-order valence-electron chi connectivity index (χ4n) is 7.56. The first-order chi connectivity index (χ1) is 24.8. The second kappa shape index (κ2) is 10.3. The molecular formula is C45H26N2O3. The molecule has 234 valence electrons. The topological polar surface area (TPSA) is 55.6 Å². The van der Waals surface area contributed by atoms with Gasteiger partial charge in [0.25, 0.3) is 0 Å². The highest BCUT2D eigenvalue weighted by molar-refractivity contribution is 6.16. The SMILES string of the molecule is c1ccc(N(c2ccc3oc4c5ccccc5ccc4c3c2)c2ccc3oc4cccc(-c5nc6c(ccc7ccccc76)o5)c4c3c2)cc1. The average molecular weight is 643 g/mol. The van der Waals surface area contributed by atoms with Gasteiger partial charge >= 0.3 is 0 Å². The van der Waals surface area contributed by atoms with Crippen LogP contribution in [0, 0.1) is 0 Å². The molecule has 0 amide bonds. The van der Waals surface area contributed by atoms with Crippen molar-refractivity contribution in [1.82, 2.24) is 4.98 Å². The third-order valence-electron chi connectivity index (χ3n) is 9.87. The van der Waals surface area contributed by atoms with E-state index in [0.717, 1.165) is 99.1 Å². The standard InChI is InChI=1S/C45H26N2O3/c1-2-11-29(12-3-1)47(30-19-23-38-36(25-30)34-21-17-28-10-5-7-14-33(28)44(34)49-38)31-20-24-39-37(26-31)42-35(15-8-16-40(42)48-39)45-46-43-32-13-6-4-9-27(32)18-22-41(43)50-45/h1-26H. The molecule has 0 saturated heterocycles. The summed E-state index contributed by atoms with van der Waals surface area (Å²) in [4.78, 5) is 7.32. The lowest BCUT2D eigenvalue weighted by molar-refractivity contribution is 0.620. The maximum Gasteiger partial charge on any atom is 0.228 e. The van der Waals surface area contributed by atoms with E-state index in [4.69, 9.17) is 18.2 Å². The number of anilines is 3. The van der Waals surface area contributed by atoms with Gasteiger partial charge in [0.05, 0.1) is 0 Å². The first kappa shape index (κ1) is 27.1. The zero-order valence-electron chi connectivity index (χ0n) is 26.6. The zero-order chi connectivity index (χ0) is 32.8. The van der Waals surface area contributed by atoms with E-state index in [2.05, 4.69) is 126 Å². The van der Waals surface area contributed by atoms with Crippen molar-refractivity contribution in [2.45, 2.75) is 0 Å². The smallest absolute Gasteiger partial charge is 0.228 e. The Bertz CT molecular complexity index is 3110. The maximum absolute atomic E-state index is 6.46. The molecule has 0 atom stereocenters. The normalized spacial score (nSPS) is 12.0. The Balaban J connectivity index is 1.12. The van der Waals surface area contributed by atoms with E-state index in [9.17, 15) is 0 Å². The average Bonchev–Trinajstić information content (AvgIpc) is 3.89. The van der Waals surface area contributed by atoms with E-state index in [1.54, 1.807) is 0 Å². The molecule has 8 aromatic carbocycles. The van der Waals surface area contributed by atoms with Crippen LogP contribution in [0.2, 0.25) is 0 Å². The fourth-order valence-corrected chi connectivity index (χ4v) is 7.56. The van der Waals surface area contributed by atoms with Crippen LogP contribution in [0.4, 0.5) is 17.1 Å². The van der Waals surface area contributed by atoms with E-state index < -0.39 is 0 Å². The van der Waals surface area contributed by atoms with E-state index in [1.807, 2.05) is 36.4 Å². The first-order valence-electron chi connectivity index (χ1n) is 16.7. The summed E-state index contributed by atoms with van der Waals surface area (Å²) < 4.78 is 19.3. The van der Waals surface area contributed by atoms with Crippen LogP contribution in [0.15, 0.2) is 171 Å². The number of nitrogens with zero attached hydrogens (tertiary/aromatic N) is 2.